The van der Waals surface area contributed by atoms with Crippen molar-refractivity contribution in [1.29, 1.82) is 0 Å². The van der Waals surface area contributed by atoms with E-state index in [1.165, 1.54) is 0 Å². The Morgan fingerprint density at radius 3 is 2.29 bits per heavy atom. The van der Waals surface area contributed by atoms with Crippen LogP contribution in [0.2, 0.25) is 5.02 Å². The molecule has 2 aromatic carbocycles. The van der Waals surface area contributed by atoms with Crippen molar-refractivity contribution >= 4 is 17.4 Å². The summed E-state index contributed by atoms with van der Waals surface area (Å²) in [6, 6.07) is 16.2. The number of rotatable bonds is 1. The van der Waals surface area contributed by atoms with Gasteiger partial charge in [-0.3, -0.25) is 4.79 Å². The summed E-state index contributed by atoms with van der Waals surface area (Å²) in [7, 11) is 0. The van der Waals surface area contributed by atoms with Gasteiger partial charge in [0.2, 0.25) is 5.78 Å². The second-order valence-corrected chi connectivity index (χ2v) is 3.83. The highest BCUT2D eigenvalue weighted by Crippen LogP contribution is 2.13. The van der Waals surface area contributed by atoms with Crippen molar-refractivity contribution in [3.05, 3.63) is 70.7 Å². The van der Waals surface area contributed by atoms with Crippen LogP contribution >= 0.6 is 11.6 Å². The molecule has 0 amide bonds. The molecule has 0 aromatic heterocycles. The molecular weight excluding hydrogens is 232 g/mol. The van der Waals surface area contributed by atoms with Gasteiger partial charge in [-0.05, 0) is 18.1 Å². The lowest BCUT2D eigenvalue weighted by molar-refractivity contribution is 0.105. The van der Waals surface area contributed by atoms with Crippen LogP contribution in [0, 0.1) is 11.8 Å². The van der Waals surface area contributed by atoms with Crippen molar-refractivity contribution in [3.63, 3.8) is 0 Å². The lowest BCUT2D eigenvalue weighted by atomic mass is 10.1. The molecule has 2 aromatic rings. The van der Waals surface area contributed by atoms with Crippen LogP contribution in [0.1, 0.15) is 15.9 Å². The minimum absolute atomic E-state index is 0.203. The largest absolute Gasteiger partial charge is 0.279 e. The first-order valence-electron chi connectivity index (χ1n) is 5.13. The Bertz CT molecular complexity index is 591. The molecule has 0 radical (unpaired) electrons. The number of benzene rings is 2. The molecule has 0 bridgehead atoms. The SMILES string of the molecule is O=C(C#Cc1ccccc1Cl)c1ccccc1. The highest BCUT2D eigenvalue weighted by molar-refractivity contribution is 6.31. The fourth-order valence-electron chi connectivity index (χ4n) is 1.35. The number of Topliss-reactive ketones (excluding diaryl/α,β-unsaturated/α-hetero) is 1. The van der Waals surface area contributed by atoms with Gasteiger partial charge in [-0.15, -0.1) is 0 Å². The quantitative estimate of drug-likeness (QED) is 0.550. The first kappa shape index (κ1) is 11.4. The van der Waals surface area contributed by atoms with Gasteiger partial charge in [-0.1, -0.05) is 60.0 Å². The summed E-state index contributed by atoms with van der Waals surface area (Å²) in [6.07, 6.45) is 0. The van der Waals surface area contributed by atoms with Crippen molar-refractivity contribution in [2.45, 2.75) is 0 Å². The Labute approximate surface area is 105 Å². The maximum atomic E-state index is 11.7. The van der Waals surface area contributed by atoms with Crippen molar-refractivity contribution in [2.75, 3.05) is 0 Å². The molecule has 0 spiro atoms. The molecule has 17 heavy (non-hydrogen) atoms. The van der Waals surface area contributed by atoms with Gasteiger partial charge >= 0.3 is 0 Å². The topological polar surface area (TPSA) is 17.1 Å². The smallest absolute Gasteiger partial charge is 0.236 e. The Morgan fingerprint density at radius 1 is 0.941 bits per heavy atom. The first-order chi connectivity index (χ1) is 8.27. The highest BCUT2D eigenvalue weighted by Gasteiger charge is 2.00. The molecule has 2 rings (SSSR count). The predicted molar refractivity (Wildman–Crippen MR) is 69.1 cm³/mol. The molecule has 0 saturated heterocycles. The lowest BCUT2D eigenvalue weighted by Gasteiger charge is -1.93. The summed E-state index contributed by atoms with van der Waals surface area (Å²) in [6.45, 7) is 0. The molecule has 0 N–H and O–H groups in total. The number of halogens is 1. The van der Waals surface area contributed by atoms with Gasteiger partial charge in [0.25, 0.3) is 0 Å². The number of carbonyl (C=O) groups is 1. The number of hydrogen-bond donors (Lipinski definition) is 0. The zero-order chi connectivity index (χ0) is 12.1. The minimum atomic E-state index is -0.203. The summed E-state index contributed by atoms with van der Waals surface area (Å²) >= 11 is 5.94. The molecule has 0 aliphatic heterocycles. The third-order valence-electron chi connectivity index (χ3n) is 2.22. The maximum absolute atomic E-state index is 11.7. The monoisotopic (exact) mass is 240 g/mol. The van der Waals surface area contributed by atoms with E-state index >= 15 is 0 Å². The van der Waals surface area contributed by atoms with E-state index in [4.69, 9.17) is 11.6 Å². The second-order valence-electron chi connectivity index (χ2n) is 3.42. The van der Waals surface area contributed by atoms with Crippen LogP contribution in [0.5, 0.6) is 0 Å². The molecule has 2 heteroatoms. The van der Waals surface area contributed by atoms with Gasteiger partial charge < -0.3 is 0 Å². The van der Waals surface area contributed by atoms with Gasteiger partial charge in [0.15, 0.2) is 0 Å². The molecule has 0 aliphatic rings. The highest BCUT2D eigenvalue weighted by atomic mass is 35.5. The lowest BCUT2D eigenvalue weighted by Crippen LogP contribution is -1.93. The number of hydrogen-bond acceptors (Lipinski definition) is 1. The Kier molecular flexibility index (Phi) is 3.59. The summed E-state index contributed by atoms with van der Waals surface area (Å²) in [4.78, 5) is 11.7. The van der Waals surface area contributed by atoms with Crippen LogP contribution < -0.4 is 0 Å². The van der Waals surface area contributed by atoms with E-state index in [1.54, 1.807) is 24.3 Å². The van der Waals surface area contributed by atoms with Crippen LogP contribution in [0.4, 0.5) is 0 Å². The van der Waals surface area contributed by atoms with Crippen LogP contribution in [0.3, 0.4) is 0 Å². The van der Waals surface area contributed by atoms with E-state index in [9.17, 15) is 4.79 Å². The standard InChI is InChI=1S/C15H9ClO/c16-14-9-5-4-6-12(14)10-11-15(17)13-7-2-1-3-8-13/h1-9H. The van der Waals surface area contributed by atoms with E-state index in [0.29, 0.717) is 16.1 Å². The van der Waals surface area contributed by atoms with E-state index in [-0.39, 0.29) is 5.78 Å². The summed E-state index contributed by atoms with van der Waals surface area (Å²) in [5, 5.41) is 0.556. The zero-order valence-electron chi connectivity index (χ0n) is 8.98. The van der Waals surface area contributed by atoms with Gasteiger partial charge in [-0.25, -0.2) is 0 Å². The average Bonchev–Trinajstić information content (AvgIpc) is 2.38. The zero-order valence-corrected chi connectivity index (χ0v) is 9.74. The third-order valence-corrected chi connectivity index (χ3v) is 2.55. The molecule has 0 fully saturated rings. The maximum Gasteiger partial charge on any atom is 0.236 e. The van der Waals surface area contributed by atoms with E-state index < -0.39 is 0 Å². The van der Waals surface area contributed by atoms with Crippen LogP contribution in [0.15, 0.2) is 54.6 Å². The van der Waals surface area contributed by atoms with Crippen LogP contribution in [-0.2, 0) is 0 Å². The number of carbonyl (C=O) groups excluding carboxylic acids is 1. The first-order valence-corrected chi connectivity index (χ1v) is 5.51. The van der Waals surface area contributed by atoms with Gasteiger partial charge in [0.05, 0.1) is 5.02 Å². The summed E-state index contributed by atoms with van der Waals surface area (Å²) in [5.41, 5.74) is 1.26. The van der Waals surface area contributed by atoms with Crippen LogP contribution in [-0.4, -0.2) is 5.78 Å². The van der Waals surface area contributed by atoms with E-state index in [0.717, 1.165) is 0 Å². The summed E-state index contributed by atoms with van der Waals surface area (Å²) in [5.74, 6) is 5.16. The number of ketones is 1. The molecule has 0 heterocycles. The molecule has 0 saturated carbocycles. The fraction of sp³-hybridized carbons (Fsp3) is 0. The van der Waals surface area contributed by atoms with Crippen molar-refractivity contribution < 1.29 is 4.79 Å². The van der Waals surface area contributed by atoms with E-state index in [1.807, 2.05) is 30.3 Å². The molecule has 0 atom stereocenters. The fourth-order valence-corrected chi connectivity index (χ4v) is 1.53. The van der Waals surface area contributed by atoms with Crippen molar-refractivity contribution in [2.24, 2.45) is 0 Å². The van der Waals surface area contributed by atoms with Gasteiger partial charge in [-0.2, -0.15) is 0 Å². The molecule has 82 valence electrons. The molecular formula is C15H9ClO. The minimum Gasteiger partial charge on any atom is -0.279 e. The predicted octanol–water partition coefficient (Wildman–Crippen LogP) is 3.57. The van der Waals surface area contributed by atoms with Crippen molar-refractivity contribution in [3.8, 4) is 11.8 Å². The Balaban J connectivity index is 2.24. The molecule has 1 nitrogen and oxygen atoms in total. The Morgan fingerprint density at radius 2 is 1.59 bits per heavy atom. The van der Waals surface area contributed by atoms with E-state index in [2.05, 4.69) is 11.8 Å². The average molecular weight is 241 g/mol. The molecule has 0 aliphatic carbocycles. The summed E-state index contributed by atoms with van der Waals surface area (Å²) < 4.78 is 0. The van der Waals surface area contributed by atoms with Crippen LogP contribution in [0.25, 0.3) is 0 Å². The third kappa shape index (κ3) is 2.96. The normalized spacial score (nSPS) is 9.24. The second kappa shape index (κ2) is 5.34. The van der Waals surface area contributed by atoms with Gasteiger partial charge in [0, 0.05) is 11.1 Å². The van der Waals surface area contributed by atoms with Gasteiger partial charge in [0.1, 0.15) is 0 Å². The molecule has 0 unspecified atom stereocenters. The Hall–Kier alpha value is -2.04. The van der Waals surface area contributed by atoms with Crippen molar-refractivity contribution in [1.82, 2.24) is 0 Å².